The first kappa shape index (κ1) is 10.3. The fourth-order valence-corrected chi connectivity index (χ4v) is 0.645. The molecule has 11 heavy (non-hydrogen) atoms. The summed E-state index contributed by atoms with van der Waals surface area (Å²) in [5.74, 6) is -0.407. The van der Waals surface area contributed by atoms with Crippen LogP contribution in [0.15, 0.2) is 0 Å². The van der Waals surface area contributed by atoms with E-state index in [-0.39, 0.29) is 11.8 Å². The van der Waals surface area contributed by atoms with Gasteiger partial charge in [-0.05, 0) is 13.2 Å². The van der Waals surface area contributed by atoms with Gasteiger partial charge in [-0.1, -0.05) is 11.8 Å². The molecule has 0 bridgehead atoms. The lowest BCUT2D eigenvalue weighted by Gasteiger charge is -2.01. The number of nitrogens with one attached hydrogen (secondary N) is 1. The molecule has 0 heterocycles. The van der Waals surface area contributed by atoms with Crippen LogP contribution in [-0.2, 0) is 9.53 Å². The average Bonchev–Trinajstić information content (AvgIpc) is 2.01. The summed E-state index contributed by atoms with van der Waals surface area (Å²) < 4.78 is 4.57. The van der Waals surface area contributed by atoms with E-state index in [1.807, 2.05) is 0 Å². The maximum atomic E-state index is 10.6. The van der Waals surface area contributed by atoms with Gasteiger partial charge in [0, 0.05) is 0 Å². The maximum absolute atomic E-state index is 10.6. The van der Waals surface area contributed by atoms with Crippen LogP contribution in [0.3, 0.4) is 0 Å². The van der Waals surface area contributed by atoms with Gasteiger partial charge in [-0.3, -0.25) is 9.59 Å². The molecule has 0 atom stereocenters. The molecule has 0 fully saturated rings. The number of carbonyl (C=O) groups is 2. The first-order valence-electron chi connectivity index (χ1n) is 3.18. The van der Waals surface area contributed by atoms with Gasteiger partial charge in [0.25, 0.3) is 5.24 Å². The number of hydrogen-bond donors (Lipinski definition) is 1. The molecule has 4 nitrogen and oxygen atoms in total. The Labute approximate surface area is 69.7 Å². The fourth-order valence-electron chi connectivity index (χ4n) is 0.429. The second-order valence-electron chi connectivity index (χ2n) is 1.65. The number of esters is 1. The molecule has 1 amide bonds. The molecule has 0 aromatic carbocycles. The summed E-state index contributed by atoms with van der Waals surface area (Å²) in [7, 11) is 0. The van der Waals surface area contributed by atoms with E-state index >= 15 is 0 Å². The van der Waals surface area contributed by atoms with E-state index in [0.717, 1.165) is 11.8 Å². The molecule has 0 aliphatic rings. The van der Waals surface area contributed by atoms with Crippen molar-refractivity contribution >= 4 is 23.0 Å². The monoisotopic (exact) mass is 177 g/mol. The Morgan fingerprint density at radius 3 is 2.64 bits per heavy atom. The number of thioether (sulfide) groups is 1. The van der Waals surface area contributed by atoms with Crippen molar-refractivity contribution in [2.24, 2.45) is 0 Å². The zero-order valence-corrected chi connectivity index (χ0v) is 7.36. The Balaban J connectivity index is 3.38. The van der Waals surface area contributed by atoms with E-state index in [1.165, 1.54) is 0 Å². The number of ether oxygens (including phenoxy) is 1. The lowest BCUT2D eigenvalue weighted by atomic mass is 10.6. The quantitative estimate of drug-likeness (QED) is 0.642. The van der Waals surface area contributed by atoms with Crippen LogP contribution < -0.4 is 5.32 Å². The summed E-state index contributed by atoms with van der Waals surface area (Å²) in [5.41, 5.74) is 0. The van der Waals surface area contributed by atoms with Crippen molar-refractivity contribution in [3.8, 4) is 0 Å². The number of hydrogen-bond acceptors (Lipinski definition) is 4. The van der Waals surface area contributed by atoms with E-state index in [2.05, 4.69) is 10.1 Å². The number of rotatable bonds is 3. The molecule has 0 saturated carbocycles. The normalized spacial score (nSPS) is 8.91. The van der Waals surface area contributed by atoms with E-state index < -0.39 is 5.97 Å². The summed E-state index contributed by atoms with van der Waals surface area (Å²) in [6, 6.07) is 0. The molecule has 0 aliphatic carbocycles. The zero-order chi connectivity index (χ0) is 8.69. The van der Waals surface area contributed by atoms with Gasteiger partial charge in [-0.2, -0.15) is 0 Å². The largest absolute Gasteiger partial charge is 0.465 e. The Kier molecular flexibility index (Phi) is 5.64. The van der Waals surface area contributed by atoms with Crippen molar-refractivity contribution in [3.05, 3.63) is 0 Å². The van der Waals surface area contributed by atoms with Gasteiger partial charge in [0.05, 0.1) is 6.61 Å². The number of carbonyl (C=O) groups excluding carboxylic acids is 2. The van der Waals surface area contributed by atoms with Crippen molar-refractivity contribution in [2.45, 2.75) is 6.92 Å². The van der Waals surface area contributed by atoms with E-state index in [0.29, 0.717) is 6.61 Å². The highest BCUT2D eigenvalue weighted by Gasteiger charge is 2.02. The van der Waals surface area contributed by atoms with Gasteiger partial charge in [0.15, 0.2) is 0 Å². The van der Waals surface area contributed by atoms with Crippen LogP contribution >= 0.6 is 11.8 Å². The maximum Gasteiger partial charge on any atom is 0.325 e. The summed E-state index contributed by atoms with van der Waals surface area (Å²) in [5, 5.41) is 2.14. The Morgan fingerprint density at radius 1 is 1.55 bits per heavy atom. The van der Waals surface area contributed by atoms with Crippen LogP contribution in [0, 0.1) is 0 Å². The third-order valence-corrected chi connectivity index (χ3v) is 1.38. The Bertz CT molecular complexity index is 149. The highest BCUT2D eigenvalue weighted by atomic mass is 32.2. The molecule has 0 aromatic heterocycles. The Morgan fingerprint density at radius 2 is 2.18 bits per heavy atom. The first-order valence-corrected chi connectivity index (χ1v) is 4.40. The molecule has 1 N–H and O–H groups in total. The SMILES string of the molecule is CCOC(=O)CNC(=O)SC. The molecular weight excluding hydrogens is 166 g/mol. The van der Waals surface area contributed by atoms with Gasteiger partial charge in [0.2, 0.25) is 0 Å². The smallest absolute Gasteiger partial charge is 0.325 e. The average molecular weight is 177 g/mol. The van der Waals surface area contributed by atoms with Crippen LogP contribution in [0.1, 0.15) is 6.92 Å². The van der Waals surface area contributed by atoms with Crippen molar-refractivity contribution in [1.29, 1.82) is 0 Å². The van der Waals surface area contributed by atoms with Crippen molar-refractivity contribution < 1.29 is 14.3 Å². The molecular formula is C6H11NO3S. The van der Waals surface area contributed by atoms with Gasteiger partial charge in [-0.15, -0.1) is 0 Å². The first-order chi connectivity index (χ1) is 5.20. The minimum atomic E-state index is -0.407. The molecule has 64 valence electrons. The summed E-state index contributed by atoms with van der Waals surface area (Å²) in [6.45, 7) is 2.01. The standard InChI is InChI=1S/C6H11NO3S/c1-3-10-5(8)4-7-6(9)11-2/h3-4H2,1-2H3,(H,7,9). The van der Waals surface area contributed by atoms with Gasteiger partial charge < -0.3 is 10.1 Å². The highest BCUT2D eigenvalue weighted by molar-refractivity contribution is 8.12. The van der Waals surface area contributed by atoms with Crippen LogP contribution in [0.5, 0.6) is 0 Å². The lowest BCUT2D eigenvalue weighted by molar-refractivity contribution is -0.141. The summed E-state index contributed by atoms with van der Waals surface area (Å²) >= 11 is 1.03. The van der Waals surface area contributed by atoms with Gasteiger partial charge in [0.1, 0.15) is 6.54 Å². The second-order valence-corrected chi connectivity index (χ2v) is 2.43. The zero-order valence-electron chi connectivity index (χ0n) is 6.55. The summed E-state index contributed by atoms with van der Waals surface area (Å²) in [6.07, 6.45) is 1.64. The van der Waals surface area contributed by atoms with Gasteiger partial charge >= 0.3 is 5.97 Å². The van der Waals surface area contributed by atoms with E-state index in [4.69, 9.17) is 0 Å². The fraction of sp³-hybridized carbons (Fsp3) is 0.667. The third-order valence-electron chi connectivity index (χ3n) is 0.868. The topological polar surface area (TPSA) is 55.4 Å². The molecule has 0 radical (unpaired) electrons. The molecule has 0 spiro atoms. The Hall–Kier alpha value is -0.710. The molecule has 0 rings (SSSR count). The van der Waals surface area contributed by atoms with Crippen LogP contribution in [0.4, 0.5) is 4.79 Å². The lowest BCUT2D eigenvalue weighted by Crippen LogP contribution is -2.27. The minimum Gasteiger partial charge on any atom is -0.465 e. The van der Waals surface area contributed by atoms with Crippen LogP contribution in [0.2, 0.25) is 0 Å². The van der Waals surface area contributed by atoms with Gasteiger partial charge in [-0.25, -0.2) is 0 Å². The van der Waals surface area contributed by atoms with E-state index in [1.54, 1.807) is 13.2 Å². The van der Waals surface area contributed by atoms with Crippen LogP contribution in [-0.4, -0.2) is 30.6 Å². The minimum absolute atomic E-state index is 0.0481. The summed E-state index contributed by atoms with van der Waals surface area (Å²) in [4.78, 5) is 21.2. The molecule has 0 saturated heterocycles. The predicted octanol–water partition coefficient (Wildman–Crippen LogP) is 0.622. The number of amides is 1. The molecule has 0 aliphatic heterocycles. The molecule has 5 heteroatoms. The van der Waals surface area contributed by atoms with Crippen molar-refractivity contribution in [3.63, 3.8) is 0 Å². The van der Waals surface area contributed by atoms with E-state index in [9.17, 15) is 9.59 Å². The van der Waals surface area contributed by atoms with Crippen molar-refractivity contribution in [1.82, 2.24) is 5.32 Å². The predicted molar refractivity (Wildman–Crippen MR) is 43.5 cm³/mol. The third kappa shape index (κ3) is 5.72. The van der Waals surface area contributed by atoms with Crippen LogP contribution in [0.25, 0.3) is 0 Å². The molecule has 0 unspecified atom stereocenters. The second kappa shape index (κ2) is 6.03. The van der Waals surface area contributed by atoms with Crippen molar-refractivity contribution in [2.75, 3.05) is 19.4 Å². The molecule has 0 aromatic rings. The highest BCUT2D eigenvalue weighted by Crippen LogP contribution is 1.91.